The van der Waals surface area contributed by atoms with Gasteiger partial charge in [-0.2, -0.15) is 13.2 Å². The lowest BCUT2D eigenvalue weighted by atomic mass is 10.1. The smallest absolute Gasteiger partial charge is 0.368 e. The van der Waals surface area contributed by atoms with E-state index in [1.165, 1.54) is 18.2 Å². The molecule has 4 aromatic rings. The lowest BCUT2D eigenvalue weighted by molar-refractivity contribution is -0.137. The maximum atomic E-state index is 15.0. The number of aromatic nitrogens is 2. The summed E-state index contributed by atoms with van der Waals surface area (Å²) in [7, 11) is 0. The van der Waals surface area contributed by atoms with Gasteiger partial charge < -0.3 is 15.1 Å². The Hall–Kier alpha value is -4.08. The number of amides is 1. The Kier molecular flexibility index (Phi) is 6.73. The molecule has 0 spiro atoms. The molecule has 1 aliphatic rings. The first-order valence-electron chi connectivity index (χ1n) is 12.3. The Morgan fingerprint density at radius 3 is 2.29 bits per heavy atom. The summed E-state index contributed by atoms with van der Waals surface area (Å²) in [4.78, 5) is 21.2. The highest BCUT2D eigenvalue weighted by Crippen LogP contribution is 2.31. The first-order chi connectivity index (χ1) is 18.1. The molecule has 1 fully saturated rings. The Morgan fingerprint density at radius 1 is 0.947 bits per heavy atom. The number of hydrogen-bond donors (Lipinski definition) is 1. The zero-order valence-electron chi connectivity index (χ0n) is 21.0. The number of anilines is 2. The van der Waals surface area contributed by atoms with Crippen LogP contribution in [0.4, 0.5) is 28.9 Å². The molecule has 5 rings (SSSR count). The Morgan fingerprint density at radius 2 is 1.63 bits per heavy atom. The number of nitrogens with one attached hydrogen (secondary N) is 1. The van der Waals surface area contributed by atoms with Gasteiger partial charge in [0.1, 0.15) is 17.2 Å². The van der Waals surface area contributed by atoms with Gasteiger partial charge in [0.2, 0.25) is 0 Å². The molecule has 0 atom stereocenters. The molecule has 0 unspecified atom stereocenters. The lowest BCUT2D eigenvalue weighted by Crippen LogP contribution is -2.46. The third kappa shape index (κ3) is 5.16. The average Bonchev–Trinajstić information content (AvgIpc) is 3.22. The molecular formula is C28H27F4N5O. The molecule has 2 aromatic heterocycles. The predicted octanol–water partition coefficient (Wildman–Crippen LogP) is 5.37. The largest absolute Gasteiger partial charge is 0.416 e. The Balaban J connectivity index is 1.20. The van der Waals surface area contributed by atoms with E-state index in [-0.39, 0.29) is 18.3 Å². The molecule has 1 aliphatic heterocycles. The zero-order valence-corrected chi connectivity index (χ0v) is 21.0. The van der Waals surface area contributed by atoms with Crippen molar-refractivity contribution in [3.05, 3.63) is 94.7 Å². The summed E-state index contributed by atoms with van der Waals surface area (Å²) >= 11 is 0. The standard InChI is InChI=1S/C28H27F4N5O/c1-18-9-10-37-25(15-18)34-19(2)26(37)27(38)33-17-20-3-8-24(23(29)16-20)36-13-11-35(12-14-36)22-6-4-21(5-7-22)28(30,31)32/h3-10,15-16H,11-14,17H2,1-2H3,(H,33,38). The summed E-state index contributed by atoms with van der Waals surface area (Å²) in [6.45, 7) is 6.07. The Bertz CT molecular complexity index is 1470. The van der Waals surface area contributed by atoms with Crippen LogP contribution in [-0.2, 0) is 12.7 Å². The van der Waals surface area contributed by atoms with Gasteiger partial charge in [0, 0.05) is 44.6 Å². The van der Waals surface area contributed by atoms with Crippen LogP contribution in [0.3, 0.4) is 0 Å². The number of piperazine rings is 1. The molecule has 2 aromatic carbocycles. The maximum absolute atomic E-state index is 15.0. The average molecular weight is 526 g/mol. The van der Waals surface area contributed by atoms with Crippen LogP contribution in [0.25, 0.3) is 5.65 Å². The molecular weight excluding hydrogens is 498 g/mol. The molecule has 0 radical (unpaired) electrons. The highest BCUT2D eigenvalue weighted by molar-refractivity contribution is 5.94. The van der Waals surface area contributed by atoms with E-state index in [0.717, 1.165) is 17.7 Å². The number of rotatable bonds is 5. The van der Waals surface area contributed by atoms with Crippen molar-refractivity contribution in [2.75, 3.05) is 36.0 Å². The SMILES string of the molecule is Cc1ccn2c(C(=O)NCc3ccc(N4CCN(c5ccc(C(F)(F)F)cc5)CC4)c(F)c3)c(C)nc2c1. The molecule has 1 saturated heterocycles. The molecule has 198 valence electrons. The summed E-state index contributed by atoms with van der Waals surface area (Å²) in [5, 5.41) is 2.86. The van der Waals surface area contributed by atoms with E-state index >= 15 is 4.39 Å². The third-order valence-corrected chi connectivity index (χ3v) is 6.82. The van der Waals surface area contributed by atoms with Gasteiger partial charge in [0.25, 0.3) is 5.91 Å². The quantitative estimate of drug-likeness (QED) is 0.356. The number of imidazole rings is 1. The summed E-state index contributed by atoms with van der Waals surface area (Å²) < 4.78 is 55.2. The van der Waals surface area contributed by atoms with Crippen molar-refractivity contribution in [2.24, 2.45) is 0 Å². The number of halogens is 4. The van der Waals surface area contributed by atoms with Gasteiger partial charge in [-0.1, -0.05) is 6.07 Å². The number of aryl methyl sites for hydroxylation is 2. The minimum absolute atomic E-state index is 0.163. The second kappa shape index (κ2) is 10.00. The fraction of sp³-hybridized carbons (Fsp3) is 0.286. The number of hydrogen-bond acceptors (Lipinski definition) is 4. The lowest BCUT2D eigenvalue weighted by Gasteiger charge is -2.37. The van der Waals surface area contributed by atoms with Crippen molar-refractivity contribution in [1.29, 1.82) is 0 Å². The topological polar surface area (TPSA) is 52.9 Å². The van der Waals surface area contributed by atoms with Crippen LogP contribution in [0, 0.1) is 19.7 Å². The van der Waals surface area contributed by atoms with Crippen LogP contribution in [-0.4, -0.2) is 41.5 Å². The van der Waals surface area contributed by atoms with Crippen molar-refractivity contribution >= 4 is 22.9 Å². The molecule has 0 aliphatic carbocycles. The molecule has 10 heteroatoms. The summed E-state index contributed by atoms with van der Waals surface area (Å²) in [6, 6.07) is 13.8. The molecule has 1 amide bonds. The highest BCUT2D eigenvalue weighted by Gasteiger charge is 2.30. The molecule has 0 bridgehead atoms. The van der Waals surface area contributed by atoms with Gasteiger partial charge in [0.15, 0.2) is 0 Å². The van der Waals surface area contributed by atoms with E-state index in [4.69, 9.17) is 0 Å². The molecule has 0 saturated carbocycles. The van der Waals surface area contributed by atoms with Gasteiger partial charge in [-0.15, -0.1) is 0 Å². The minimum atomic E-state index is -4.37. The van der Waals surface area contributed by atoms with E-state index in [2.05, 4.69) is 10.3 Å². The van der Waals surface area contributed by atoms with E-state index < -0.39 is 11.7 Å². The second-order valence-corrected chi connectivity index (χ2v) is 9.47. The van der Waals surface area contributed by atoms with Crippen LogP contribution in [0.2, 0.25) is 0 Å². The zero-order chi connectivity index (χ0) is 27.0. The molecule has 1 N–H and O–H groups in total. The normalized spacial score (nSPS) is 14.3. The van der Waals surface area contributed by atoms with Crippen molar-refractivity contribution in [1.82, 2.24) is 14.7 Å². The summed E-state index contributed by atoms with van der Waals surface area (Å²) in [5.41, 5.74) is 3.92. The summed E-state index contributed by atoms with van der Waals surface area (Å²) in [6.07, 6.45) is -2.55. The van der Waals surface area contributed by atoms with Gasteiger partial charge in [-0.25, -0.2) is 9.37 Å². The number of fused-ring (bicyclic) bond motifs is 1. The van der Waals surface area contributed by atoms with Crippen LogP contribution in [0.1, 0.15) is 32.9 Å². The number of nitrogens with zero attached hydrogens (tertiary/aromatic N) is 4. The van der Waals surface area contributed by atoms with Gasteiger partial charge in [-0.05, 0) is 73.5 Å². The number of benzene rings is 2. The third-order valence-electron chi connectivity index (χ3n) is 6.82. The van der Waals surface area contributed by atoms with Crippen molar-refractivity contribution in [3.63, 3.8) is 0 Å². The fourth-order valence-corrected chi connectivity index (χ4v) is 4.79. The molecule has 6 nitrogen and oxygen atoms in total. The predicted molar refractivity (Wildman–Crippen MR) is 138 cm³/mol. The summed E-state index contributed by atoms with van der Waals surface area (Å²) in [5.74, 6) is -0.677. The first kappa shape index (κ1) is 25.6. The fourth-order valence-electron chi connectivity index (χ4n) is 4.79. The van der Waals surface area contributed by atoms with Crippen LogP contribution in [0.5, 0.6) is 0 Å². The van der Waals surface area contributed by atoms with Gasteiger partial charge in [0.05, 0.1) is 16.9 Å². The van der Waals surface area contributed by atoms with Crippen molar-refractivity contribution in [3.8, 4) is 0 Å². The van der Waals surface area contributed by atoms with Crippen molar-refractivity contribution in [2.45, 2.75) is 26.6 Å². The van der Waals surface area contributed by atoms with Crippen LogP contribution < -0.4 is 15.1 Å². The first-order valence-corrected chi connectivity index (χ1v) is 12.3. The van der Waals surface area contributed by atoms with Crippen molar-refractivity contribution < 1.29 is 22.4 Å². The van der Waals surface area contributed by atoms with Crippen LogP contribution in [0.15, 0.2) is 60.8 Å². The van der Waals surface area contributed by atoms with E-state index in [0.29, 0.717) is 60.2 Å². The van der Waals surface area contributed by atoms with E-state index in [1.807, 2.05) is 35.1 Å². The number of alkyl halides is 3. The second-order valence-electron chi connectivity index (χ2n) is 9.47. The molecule has 3 heterocycles. The monoisotopic (exact) mass is 525 g/mol. The van der Waals surface area contributed by atoms with Gasteiger partial charge >= 0.3 is 6.18 Å². The maximum Gasteiger partial charge on any atom is 0.416 e. The number of pyridine rings is 1. The molecule has 38 heavy (non-hydrogen) atoms. The van der Waals surface area contributed by atoms with Gasteiger partial charge in [-0.3, -0.25) is 9.20 Å². The number of carbonyl (C=O) groups is 1. The number of carbonyl (C=O) groups excluding carboxylic acids is 1. The minimum Gasteiger partial charge on any atom is -0.368 e. The van der Waals surface area contributed by atoms with E-state index in [9.17, 15) is 18.0 Å². The van der Waals surface area contributed by atoms with Crippen LogP contribution >= 0.6 is 0 Å². The van der Waals surface area contributed by atoms with E-state index in [1.54, 1.807) is 23.5 Å². The highest BCUT2D eigenvalue weighted by atomic mass is 19.4. The Labute approximate surface area is 217 Å².